The van der Waals surface area contributed by atoms with Gasteiger partial charge in [0.15, 0.2) is 0 Å². The largest absolute Gasteiger partial charge is 0.465 e. The molecule has 0 heterocycles. The number of carbonyl (C=O) groups excluding carboxylic acids is 1. The van der Waals surface area contributed by atoms with Gasteiger partial charge in [-0.15, -0.1) is 0 Å². The van der Waals surface area contributed by atoms with Gasteiger partial charge in [0, 0.05) is 5.25 Å². The lowest BCUT2D eigenvalue weighted by atomic mass is 9.95. The fraction of sp³-hybridized carbons (Fsp3) is 0.923. The summed E-state index contributed by atoms with van der Waals surface area (Å²) < 4.78 is 5.07. The summed E-state index contributed by atoms with van der Waals surface area (Å²) >= 11 is 1.77. The Kier molecular flexibility index (Phi) is 9.50. The van der Waals surface area contributed by atoms with Crippen LogP contribution in [0.15, 0.2) is 0 Å². The highest BCUT2D eigenvalue weighted by molar-refractivity contribution is 7.99. The number of unbranched alkanes of at least 4 members (excludes halogenated alkanes) is 1. The monoisotopic (exact) mass is 277 g/mol. The molecule has 0 saturated heterocycles. The minimum atomic E-state index is -0.580. The molecule has 0 aliphatic heterocycles. The minimum Gasteiger partial charge on any atom is -0.465 e. The van der Waals surface area contributed by atoms with Crippen molar-refractivity contribution in [3.05, 3.63) is 0 Å². The van der Waals surface area contributed by atoms with E-state index in [1.165, 1.54) is 0 Å². The van der Waals surface area contributed by atoms with Crippen LogP contribution >= 0.6 is 11.8 Å². The number of ether oxygens (including phenoxy) is 1. The molecule has 0 amide bonds. The fourth-order valence-corrected chi connectivity index (χ4v) is 2.42. The zero-order chi connectivity index (χ0) is 14.0. The molecule has 0 aliphatic rings. The number of carbonyl (C=O) groups is 1. The first-order chi connectivity index (χ1) is 8.50. The molecule has 4 nitrogen and oxygen atoms in total. The summed E-state index contributed by atoms with van der Waals surface area (Å²) in [5.41, 5.74) is -0.580. The Hall–Kier alpha value is -0.260. The molecule has 2 unspecified atom stereocenters. The van der Waals surface area contributed by atoms with Crippen molar-refractivity contribution in [3.63, 3.8) is 0 Å². The van der Waals surface area contributed by atoms with E-state index in [-0.39, 0.29) is 12.6 Å². The van der Waals surface area contributed by atoms with Crippen LogP contribution in [-0.2, 0) is 9.53 Å². The molecule has 0 radical (unpaired) electrons. The maximum atomic E-state index is 11.8. The maximum Gasteiger partial charge on any atom is 0.326 e. The van der Waals surface area contributed by atoms with Gasteiger partial charge in [-0.2, -0.15) is 11.8 Å². The van der Waals surface area contributed by atoms with Crippen molar-refractivity contribution >= 4 is 17.7 Å². The van der Waals surface area contributed by atoms with E-state index in [0.29, 0.717) is 11.9 Å². The molecule has 2 N–H and O–H groups in total. The Morgan fingerprint density at radius 2 is 2.17 bits per heavy atom. The molecule has 0 aliphatic carbocycles. The fourth-order valence-electron chi connectivity index (χ4n) is 1.54. The average Bonchev–Trinajstić information content (AvgIpc) is 2.37. The van der Waals surface area contributed by atoms with Crippen LogP contribution in [0.4, 0.5) is 0 Å². The van der Waals surface area contributed by atoms with Crippen molar-refractivity contribution in [1.29, 1.82) is 0 Å². The van der Waals surface area contributed by atoms with Gasteiger partial charge >= 0.3 is 5.97 Å². The number of esters is 1. The van der Waals surface area contributed by atoms with Crippen LogP contribution in [0.5, 0.6) is 0 Å². The van der Waals surface area contributed by atoms with E-state index in [2.05, 4.69) is 5.32 Å². The lowest BCUT2D eigenvalue weighted by molar-refractivity contribution is -0.150. The summed E-state index contributed by atoms with van der Waals surface area (Å²) in [6, 6.07) is 0. The van der Waals surface area contributed by atoms with Crippen molar-refractivity contribution in [3.8, 4) is 0 Å². The maximum absolute atomic E-state index is 11.8. The van der Waals surface area contributed by atoms with Crippen LogP contribution in [0.3, 0.4) is 0 Å². The Bertz CT molecular complexity index is 238. The van der Waals surface area contributed by atoms with Gasteiger partial charge in [-0.25, -0.2) is 0 Å². The van der Waals surface area contributed by atoms with Gasteiger partial charge in [0.25, 0.3) is 0 Å². The standard InChI is InChI=1S/C13H27NO3S/c1-5-17-12(16)13(3,14-4)8-6-7-9-18-11(2)10-15/h11,14-15H,5-10H2,1-4H3. The number of thioether (sulfide) groups is 1. The van der Waals surface area contributed by atoms with Crippen molar-refractivity contribution in [2.75, 3.05) is 26.0 Å². The van der Waals surface area contributed by atoms with Crippen LogP contribution in [0.2, 0.25) is 0 Å². The van der Waals surface area contributed by atoms with E-state index in [1.807, 2.05) is 20.8 Å². The number of likely N-dealkylation sites (N-methyl/N-ethyl adjacent to an activating group) is 1. The Balaban J connectivity index is 3.89. The Morgan fingerprint density at radius 1 is 1.50 bits per heavy atom. The van der Waals surface area contributed by atoms with Crippen LogP contribution < -0.4 is 5.32 Å². The highest BCUT2D eigenvalue weighted by Crippen LogP contribution is 2.18. The lowest BCUT2D eigenvalue weighted by Crippen LogP contribution is -2.48. The summed E-state index contributed by atoms with van der Waals surface area (Å²) in [7, 11) is 1.79. The molecule has 2 atom stereocenters. The number of aliphatic hydroxyl groups is 1. The van der Waals surface area contributed by atoms with E-state index in [1.54, 1.807) is 18.8 Å². The highest BCUT2D eigenvalue weighted by atomic mass is 32.2. The normalized spacial score (nSPS) is 16.1. The molecule has 0 rings (SSSR count). The SMILES string of the molecule is CCOC(=O)C(C)(CCCCSC(C)CO)NC. The third-order valence-corrected chi connectivity index (χ3v) is 4.25. The zero-order valence-electron chi connectivity index (χ0n) is 12.0. The third kappa shape index (κ3) is 6.61. The van der Waals surface area contributed by atoms with E-state index >= 15 is 0 Å². The van der Waals surface area contributed by atoms with Crippen molar-refractivity contribution in [1.82, 2.24) is 5.32 Å². The van der Waals surface area contributed by atoms with Crippen LogP contribution in [-0.4, -0.2) is 47.9 Å². The zero-order valence-corrected chi connectivity index (χ0v) is 12.8. The van der Waals surface area contributed by atoms with Crippen LogP contribution in [0.25, 0.3) is 0 Å². The van der Waals surface area contributed by atoms with Crippen molar-refractivity contribution in [2.45, 2.75) is 50.8 Å². The molecule has 5 heteroatoms. The summed E-state index contributed by atoms with van der Waals surface area (Å²) in [4.78, 5) is 11.8. The second kappa shape index (κ2) is 9.64. The molecule has 18 heavy (non-hydrogen) atoms. The molecule has 0 aromatic carbocycles. The predicted octanol–water partition coefficient (Wildman–Crippen LogP) is 1.81. The van der Waals surface area contributed by atoms with Gasteiger partial charge in [0.1, 0.15) is 5.54 Å². The molecular weight excluding hydrogens is 250 g/mol. The van der Waals surface area contributed by atoms with E-state index in [9.17, 15) is 4.79 Å². The number of hydrogen-bond donors (Lipinski definition) is 2. The van der Waals surface area contributed by atoms with Gasteiger partial charge in [0.05, 0.1) is 13.2 Å². The third-order valence-electron chi connectivity index (χ3n) is 3.01. The van der Waals surface area contributed by atoms with Gasteiger partial charge < -0.3 is 15.2 Å². The molecule has 108 valence electrons. The van der Waals surface area contributed by atoms with Gasteiger partial charge in [0.2, 0.25) is 0 Å². The second-order valence-electron chi connectivity index (χ2n) is 4.62. The van der Waals surface area contributed by atoms with Crippen molar-refractivity contribution in [2.24, 2.45) is 0 Å². The van der Waals surface area contributed by atoms with E-state index < -0.39 is 5.54 Å². The minimum absolute atomic E-state index is 0.177. The number of hydrogen-bond acceptors (Lipinski definition) is 5. The molecule has 0 aromatic rings. The lowest BCUT2D eigenvalue weighted by Gasteiger charge is -2.26. The number of aliphatic hydroxyl groups excluding tert-OH is 1. The molecule has 0 spiro atoms. The second-order valence-corrected chi connectivity index (χ2v) is 6.17. The summed E-state index contributed by atoms with van der Waals surface area (Å²) in [5, 5.41) is 12.2. The van der Waals surface area contributed by atoms with Crippen LogP contribution in [0, 0.1) is 0 Å². The number of rotatable bonds is 10. The Labute approximate surface area is 115 Å². The van der Waals surface area contributed by atoms with Crippen molar-refractivity contribution < 1.29 is 14.6 Å². The van der Waals surface area contributed by atoms with E-state index in [0.717, 1.165) is 25.0 Å². The summed E-state index contributed by atoms with van der Waals surface area (Å²) in [6.45, 7) is 6.36. The molecule has 0 saturated carbocycles. The molecule has 0 fully saturated rings. The number of nitrogens with one attached hydrogen (secondary N) is 1. The van der Waals surface area contributed by atoms with Crippen LogP contribution in [0.1, 0.15) is 40.0 Å². The average molecular weight is 277 g/mol. The quantitative estimate of drug-likeness (QED) is 0.471. The summed E-state index contributed by atoms with van der Waals surface area (Å²) in [6.07, 6.45) is 2.80. The van der Waals surface area contributed by atoms with E-state index in [4.69, 9.17) is 9.84 Å². The first-order valence-electron chi connectivity index (χ1n) is 6.58. The van der Waals surface area contributed by atoms with Gasteiger partial charge in [-0.3, -0.25) is 4.79 Å². The highest BCUT2D eigenvalue weighted by Gasteiger charge is 2.32. The summed E-state index contributed by atoms with van der Waals surface area (Å²) in [5.74, 6) is 0.841. The molecule has 0 aromatic heterocycles. The first kappa shape index (κ1) is 17.7. The van der Waals surface area contributed by atoms with Gasteiger partial charge in [-0.05, 0) is 39.5 Å². The topological polar surface area (TPSA) is 58.6 Å². The molecular formula is C13H27NO3S. The van der Waals surface area contributed by atoms with Gasteiger partial charge in [-0.1, -0.05) is 13.3 Å². The molecule has 0 bridgehead atoms. The predicted molar refractivity (Wildman–Crippen MR) is 77.0 cm³/mol. The Morgan fingerprint density at radius 3 is 2.67 bits per heavy atom. The first-order valence-corrected chi connectivity index (χ1v) is 7.63. The smallest absolute Gasteiger partial charge is 0.326 e.